The largest absolute Gasteiger partial charge is 0.494 e. The van der Waals surface area contributed by atoms with E-state index in [2.05, 4.69) is 11.1 Å². The highest BCUT2D eigenvalue weighted by atomic mass is 19.1. The summed E-state index contributed by atoms with van der Waals surface area (Å²) in [6.45, 7) is 0.805. The number of amides is 2. The average molecular weight is 446 g/mol. The number of nitrogens with two attached hydrogens (primary N) is 1. The molecule has 0 bridgehead atoms. The zero-order chi connectivity index (χ0) is 23.1. The third kappa shape index (κ3) is 3.77. The molecule has 4 aromatic rings. The van der Waals surface area contributed by atoms with Crippen LogP contribution in [-0.2, 0) is 29.0 Å². The molecule has 0 atom stereocenters. The number of ether oxygens (including phenoxy) is 1. The molecule has 0 radical (unpaired) electrons. The number of benzene rings is 2. The van der Waals surface area contributed by atoms with Gasteiger partial charge in [-0.05, 0) is 35.7 Å². The maximum atomic E-state index is 14.3. The normalized spacial score (nSPS) is 13.3. The predicted molar refractivity (Wildman–Crippen MR) is 122 cm³/mol. The first-order chi connectivity index (χ1) is 15.9. The highest BCUT2D eigenvalue weighted by Gasteiger charge is 2.27. The summed E-state index contributed by atoms with van der Waals surface area (Å²) in [5, 5.41) is 2.17. The number of para-hydroxylation sites is 1. The van der Waals surface area contributed by atoms with Crippen LogP contribution in [0.2, 0.25) is 0 Å². The molecule has 5 rings (SSSR count). The Hall–Kier alpha value is -3.94. The summed E-state index contributed by atoms with van der Waals surface area (Å²) in [5.74, 6) is -1.18. The number of hydrogen-bond donors (Lipinski definition) is 2. The smallest absolute Gasteiger partial charge is 0.232 e. The van der Waals surface area contributed by atoms with Gasteiger partial charge >= 0.3 is 0 Å². The summed E-state index contributed by atoms with van der Waals surface area (Å²) in [4.78, 5) is 33.7. The van der Waals surface area contributed by atoms with Crippen LogP contribution < -0.4 is 10.5 Å². The third-order valence-corrected chi connectivity index (χ3v) is 6.15. The molecule has 0 spiro atoms. The van der Waals surface area contributed by atoms with Gasteiger partial charge in [0.05, 0.1) is 30.6 Å². The number of nitrogens with zero attached hydrogens (tertiary/aromatic N) is 2. The fraction of sp³-hybridized carbons (Fsp3) is 0.240. The van der Waals surface area contributed by atoms with Crippen LogP contribution in [0.5, 0.6) is 5.75 Å². The van der Waals surface area contributed by atoms with Crippen LogP contribution in [0.4, 0.5) is 4.39 Å². The number of carbonyl (C=O) groups excluding carboxylic acids is 2. The molecule has 2 amide bonds. The number of hydrogen-bond acceptors (Lipinski definition) is 4. The predicted octanol–water partition coefficient (Wildman–Crippen LogP) is 3.21. The summed E-state index contributed by atoms with van der Waals surface area (Å²) in [5.41, 5.74) is 10.6. The van der Waals surface area contributed by atoms with Crippen molar-refractivity contribution < 1.29 is 18.7 Å². The van der Waals surface area contributed by atoms with Crippen molar-refractivity contribution in [2.45, 2.75) is 25.8 Å². The Bertz CT molecular complexity index is 1410. The maximum Gasteiger partial charge on any atom is 0.232 e. The Morgan fingerprint density at radius 3 is 2.82 bits per heavy atom. The number of nitrogens with one attached hydrogen (secondary N) is 1. The maximum absolute atomic E-state index is 14.3. The second kappa shape index (κ2) is 8.20. The van der Waals surface area contributed by atoms with Gasteiger partial charge in [-0.2, -0.15) is 0 Å². The first kappa shape index (κ1) is 20.9. The molecule has 2 aromatic heterocycles. The summed E-state index contributed by atoms with van der Waals surface area (Å²) in [6, 6.07) is 12.9. The fourth-order valence-corrected chi connectivity index (χ4v) is 4.62. The second-order valence-electron chi connectivity index (χ2n) is 8.26. The molecule has 3 heterocycles. The Morgan fingerprint density at radius 2 is 2.06 bits per heavy atom. The molecule has 168 valence electrons. The monoisotopic (exact) mass is 446 g/mol. The Labute approximate surface area is 189 Å². The van der Waals surface area contributed by atoms with Gasteiger partial charge in [0.15, 0.2) is 11.6 Å². The molecule has 0 unspecified atom stereocenters. The van der Waals surface area contributed by atoms with Crippen molar-refractivity contribution in [3.05, 3.63) is 70.8 Å². The zero-order valence-corrected chi connectivity index (χ0v) is 18.2. The Kier molecular flexibility index (Phi) is 5.20. The zero-order valence-electron chi connectivity index (χ0n) is 18.2. The summed E-state index contributed by atoms with van der Waals surface area (Å²) < 4.78 is 19.3. The number of H-pyrrole nitrogens is 1. The van der Waals surface area contributed by atoms with Crippen LogP contribution >= 0.6 is 0 Å². The van der Waals surface area contributed by atoms with Crippen molar-refractivity contribution >= 4 is 33.6 Å². The van der Waals surface area contributed by atoms with E-state index in [-0.39, 0.29) is 18.1 Å². The van der Waals surface area contributed by atoms with Crippen molar-refractivity contribution in [3.63, 3.8) is 0 Å². The van der Waals surface area contributed by atoms with Gasteiger partial charge < -0.3 is 20.4 Å². The number of carbonyl (C=O) groups is 2. The Morgan fingerprint density at radius 1 is 1.24 bits per heavy atom. The van der Waals surface area contributed by atoms with E-state index in [9.17, 15) is 14.0 Å². The fourth-order valence-electron chi connectivity index (χ4n) is 4.62. The lowest BCUT2D eigenvalue weighted by molar-refractivity contribution is -0.135. The summed E-state index contributed by atoms with van der Waals surface area (Å²) in [7, 11) is 1.43. The number of pyridine rings is 1. The number of rotatable bonds is 5. The quantitative estimate of drug-likeness (QED) is 0.460. The number of fused-ring (bicyclic) bond motifs is 5. The van der Waals surface area contributed by atoms with Crippen molar-refractivity contribution in [2.24, 2.45) is 5.73 Å². The molecular weight excluding hydrogens is 423 g/mol. The van der Waals surface area contributed by atoms with E-state index in [1.807, 2.05) is 24.3 Å². The van der Waals surface area contributed by atoms with Gasteiger partial charge in [0.2, 0.25) is 11.8 Å². The average Bonchev–Trinajstić information content (AvgIpc) is 3.19. The van der Waals surface area contributed by atoms with E-state index in [1.54, 1.807) is 11.0 Å². The minimum Gasteiger partial charge on any atom is -0.494 e. The van der Waals surface area contributed by atoms with Gasteiger partial charge in [-0.3, -0.25) is 14.6 Å². The van der Waals surface area contributed by atoms with Crippen LogP contribution in [0, 0.1) is 5.82 Å². The van der Waals surface area contributed by atoms with Gasteiger partial charge in [0.1, 0.15) is 6.42 Å². The van der Waals surface area contributed by atoms with E-state index < -0.39 is 11.7 Å². The van der Waals surface area contributed by atoms with E-state index >= 15 is 0 Å². The molecule has 8 heteroatoms. The van der Waals surface area contributed by atoms with Crippen molar-refractivity contribution in [3.8, 4) is 5.75 Å². The molecule has 0 saturated heterocycles. The standard InChI is InChI=1S/C25H23FN4O3/c1-33-21-7-6-14(10-17(21)26)11-19-25-24(15-4-2-3-5-18(15)29-25)16-8-9-30(13-20(16)28-19)23(32)12-22(27)31/h2-7,10,29H,8-9,11-13H2,1H3,(H2,27,31). The number of aromatic amines is 1. The lowest BCUT2D eigenvalue weighted by Crippen LogP contribution is -2.38. The molecule has 1 aliphatic rings. The van der Waals surface area contributed by atoms with Crippen LogP contribution in [0.1, 0.15) is 28.9 Å². The van der Waals surface area contributed by atoms with Crippen LogP contribution in [0.25, 0.3) is 21.8 Å². The molecular formula is C25H23FN4O3. The van der Waals surface area contributed by atoms with Gasteiger partial charge in [-0.15, -0.1) is 0 Å². The number of aromatic nitrogens is 2. The lowest BCUT2D eigenvalue weighted by Gasteiger charge is -2.29. The van der Waals surface area contributed by atoms with Crippen molar-refractivity contribution in [2.75, 3.05) is 13.7 Å². The minimum atomic E-state index is -0.645. The SMILES string of the molecule is COc1ccc(Cc2nc3c(c4c2[nH]c2ccccc24)CCN(C(=O)CC(N)=O)C3)cc1F. The summed E-state index contributed by atoms with van der Waals surface area (Å²) in [6.07, 6.45) is 0.720. The second-order valence-corrected chi connectivity index (χ2v) is 8.26. The number of methoxy groups -OCH3 is 1. The number of halogens is 1. The van der Waals surface area contributed by atoms with E-state index in [4.69, 9.17) is 15.5 Å². The van der Waals surface area contributed by atoms with E-state index in [1.165, 1.54) is 13.2 Å². The molecule has 3 N–H and O–H groups in total. The topological polar surface area (TPSA) is 101 Å². The molecule has 0 aliphatic carbocycles. The molecule has 33 heavy (non-hydrogen) atoms. The number of primary amides is 1. The highest BCUT2D eigenvalue weighted by molar-refractivity contribution is 6.10. The van der Waals surface area contributed by atoms with Crippen LogP contribution in [-0.4, -0.2) is 40.3 Å². The van der Waals surface area contributed by atoms with E-state index in [0.717, 1.165) is 44.3 Å². The lowest BCUT2D eigenvalue weighted by atomic mass is 9.96. The van der Waals surface area contributed by atoms with Crippen LogP contribution in [0.3, 0.4) is 0 Å². The molecule has 0 fully saturated rings. The van der Waals surface area contributed by atoms with Gasteiger partial charge in [-0.1, -0.05) is 24.3 Å². The first-order valence-corrected chi connectivity index (χ1v) is 10.7. The highest BCUT2D eigenvalue weighted by Crippen LogP contribution is 2.35. The molecule has 2 aromatic carbocycles. The third-order valence-electron chi connectivity index (χ3n) is 6.15. The van der Waals surface area contributed by atoms with Crippen LogP contribution in [0.15, 0.2) is 42.5 Å². The van der Waals surface area contributed by atoms with Crippen molar-refractivity contribution in [1.29, 1.82) is 0 Å². The first-order valence-electron chi connectivity index (χ1n) is 10.7. The van der Waals surface area contributed by atoms with Crippen molar-refractivity contribution in [1.82, 2.24) is 14.9 Å². The molecule has 7 nitrogen and oxygen atoms in total. The van der Waals surface area contributed by atoms with Gasteiger partial charge in [-0.25, -0.2) is 4.39 Å². The Balaban J connectivity index is 1.62. The molecule has 1 aliphatic heterocycles. The van der Waals surface area contributed by atoms with Gasteiger partial charge in [0.25, 0.3) is 0 Å². The van der Waals surface area contributed by atoms with E-state index in [0.29, 0.717) is 25.9 Å². The minimum absolute atomic E-state index is 0.191. The summed E-state index contributed by atoms with van der Waals surface area (Å²) >= 11 is 0. The molecule has 0 saturated carbocycles. The van der Waals surface area contributed by atoms with Gasteiger partial charge in [0, 0.05) is 29.3 Å².